The maximum Gasteiger partial charge on any atom is 0.251 e. The van der Waals surface area contributed by atoms with Crippen molar-refractivity contribution in [2.24, 2.45) is 0 Å². The highest BCUT2D eigenvalue weighted by Crippen LogP contribution is 2.21. The summed E-state index contributed by atoms with van der Waals surface area (Å²) in [6.45, 7) is 3.67. The molecule has 5 nitrogen and oxygen atoms in total. The average Bonchev–Trinajstić information content (AvgIpc) is 2.69. The van der Waals surface area contributed by atoms with Gasteiger partial charge in [0.2, 0.25) is 0 Å². The second kappa shape index (κ2) is 9.07. The third-order valence-corrected chi connectivity index (χ3v) is 5.51. The van der Waals surface area contributed by atoms with Gasteiger partial charge in [-0.2, -0.15) is 0 Å². The number of carbonyl (C=O) groups is 1. The van der Waals surface area contributed by atoms with Crippen LogP contribution in [0.4, 0.5) is 0 Å². The van der Waals surface area contributed by atoms with Gasteiger partial charge in [-0.25, -0.2) is 0 Å². The van der Waals surface area contributed by atoms with E-state index in [2.05, 4.69) is 22.3 Å². The van der Waals surface area contributed by atoms with Crippen LogP contribution < -0.4 is 5.32 Å². The fourth-order valence-corrected chi connectivity index (χ4v) is 3.63. The first kappa shape index (κ1) is 18.8. The van der Waals surface area contributed by atoms with Gasteiger partial charge in [-0.05, 0) is 29.8 Å². The molecule has 6 heteroatoms. The molecule has 0 aromatic heterocycles. The van der Waals surface area contributed by atoms with Gasteiger partial charge in [0.1, 0.15) is 0 Å². The van der Waals surface area contributed by atoms with Crippen LogP contribution in [0.15, 0.2) is 59.5 Å². The number of carbonyl (C=O) groups excluding carboxylic acids is 1. The van der Waals surface area contributed by atoms with Gasteiger partial charge in [-0.15, -0.1) is 0 Å². The topological polar surface area (TPSA) is 58.6 Å². The van der Waals surface area contributed by atoms with Crippen LogP contribution in [0.2, 0.25) is 0 Å². The quantitative estimate of drug-likeness (QED) is 0.845. The number of amides is 1. The molecule has 0 radical (unpaired) electrons. The van der Waals surface area contributed by atoms with Crippen LogP contribution in [0.3, 0.4) is 0 Å². The highest BCUT2D eigenvalue weighted by molar-refractivity contribution is 7.84. The number of rotatable bonds is 6. The molecule has 138 valence electrons. The number of ether oxygens (including phenoxy) is 1. The summed E-state index contributed by atoms with van der Waals surface area (Å²) in [5, 5.41) is 3.05. The maximum atomic E-state index is 12.5. The van der Waals surface area contributed by atoms with E-state index in [1.54, 1.807) is 30.5 Å². The molecule has 1 N–H and O–H groups in total. The number of hydrogen-bond acceptors (Lipinski definition) is 4. The molecule has 1 aliphatic rings. The summed E-state index contributed by atoms with van der Waals surface area (Å²) in [6, 6.07) is 17.3. The molecule has 1 fully saturated rings. The van der Waals surface area contributed by atoms with Crippen molar-refractivity contribution in [2.75, 3.05) is 39.1 Å². The second-order valence-corrected chi connectivity index (χ2v) is 7.64. The molecule has 0 spiro atoms. The molecule has 1 aliphatic heterocycles. The van der Waals surface area contributed by atoms with Crippen molar-refractivity contribution in [2.45, 2.75) is 10.9 Å². The summed E-state index contributed by atoms with van der Waals surface area (Å²) >= 11 is 0. The molecular weight excluding hydrogens is 348 g/mol. The Hall–Kier alpha value is -2.02. The van der Waals surface area contributed by atoms with E-state index >= 15 is 0 Å². The monoisotopic (exact) mass is 372 g/mol. The van der Waals surface area contributed by atoms with Gasteiger partial charge in [-0.3, -0.25) is 13.9 Å². The molecule has 0 saturated carbocycles. The van der Waals surface area contributed by atoms with Crippen LogP contribution in [-0.4, -0.2) is 54.1 Å². The molecular formula is C20H24N2O3S. The Morgan fingerprint density at radius 2 is 1.77 bits per heavy atom. The molecule has 2 atom stereocenters. The number of morpholine rings is 1. The summed E-state index contributed by atoms with van der Waals surface area (Å²) in [6.07, 6.45) is 1.63. The first-order valence-electron chi connectivity index (χ1n) is 8.73. The molecule has 0 aliphatic carbocycles. The lowest BCUT2D eigenvalue weighted by atomic mass is 10.0. The molecule has 1 amide bonds. The first-order chi connectivity index (χ1) is 12.6. The Labute approximate surface area is 156 Å². The van der Waals surface area contributed by atoms with Crippen molar-refractivity contribution in [1.29, 1.82) is 0 Å². The molecule has 1 heterocycles. The maximum absolute atomic E-state index is 12.5. The van der Waals surface area contributed by atoms with Gasteiger partial charge >= 0.3 is 0 Å². The zero-order chi connectivity index (χ0) is 18.4. The standard InChI is InChI=1S/C20H24N2O3S/c1-26(24)18-9-7-17(8-10-18)20(23)21-15-19(16-5-3-2-4-6-16)22-11-13-25-14-12-22/h2-10,19H,11-15H2,1H3,(H,21,23). The van der Waals surface area contributed by atoms with Crippen molar-refractivity contribution in [3.8, 4) is 0 Å². The number of benzene rings is 2. The first-order valence-corrected chi connectivity index (χ1v) is 10.3. The van der Waals surface area contributed by atoms with E-state index in [0.29, 0.717) is 25.3 Å². The smallest absolute Gasteiger partial charge is 0.251 e. The van der Waals surface area contributed by atoms with Gasteiger partial charge < -0.3 is 10.1 Å². The highest BCUT2D eigenvalue weighted by Gasteiger charge is 2.23. The number of hydrogen-bond donors (Lipinski definition) is 1. The molecule has 2 aromatic carbocycles. The lowest BCUT2D eigenvalue weighted by Gasteiger charge is -2.35. The normalized spacial score (nSPS) is 17.4. The highest BCUT2D eigenvalue weighted by atomic mass is 32.2. The Balaban J connectivity index is 1.68. The lowest BCUT2D eigenvalue weighted by molar-refractivity contribution is 0.0162. The van der Waals surface area contributed by atoms with Crippen molar-refractivity contribution in [3.05, 3.63) is 65.7 Å². The molecule has 0 bridgehead atoms. The minimum atomic E-state index is -1.04. The molecule has 26 heavy (non-hydrogen) atoms. The molecule has 2 aromatic rings. The van der Waals surface area contributed by atoms with E-state index in [1.807, 2.05) is 18.2 Å². The van der Waals surface area contributed by atoms with E-state index < -0.39 is 10.8 Å². The molecule has 2 unspecified atom stereocenters. The van der Waals surface area contributed by atoms with E-state index in [-0.39, 0.29) is 11.9 Å². The van der Waals surface area contributed by atoms with E-state index in [9.17, 15) is 9.00 Å². The van der Waals surface area contributed by atoms with Crippen LogP contribution >= 0.6 is 0 Å². The summed E-state index contributed by atoms with van der Waals surface area (Å²) in [7, 11) is -1.04. The fraction of sp³-hybridized carbons (Fsp3) is 0.350. The van der Waals surface area contributed by atoms with Crippen LogP contribution in [0.25, 0.3) is 0 Å². The Morgan fingerprint density at radius 1 is 1.12 bits per heavy atom. The van der Waals surface area contributed by atoms with Crippen LogP contribution in [0.1, 0.15) is 22.0 Å². The molecule has 3 rings (SSSR count). The van der Waals surface area contributed by atoms with E-state index in [0.717, 1.165) is 18.0 Å². The van der Waals surface area contributed by atoms with Gasteiger partial charge in [0.05, 0.1) is 19.3 Å². The number of nitrogens with zero attached hydrogens (tertiary/aromatic N) is 1. The van der Waals surface area contributed by atoms with Crippen LogP contribution in [-0.2, 0) is 15.5 Å². The van der Waals surface area contributed by atoms with Gasteiger partial charge in [0.15, 0.2) is 0 Å². The summed E-state index contributed by atoms with van der Waals surface area (Å²) < 4.78 is 16.9. The Morgan fingerprint density at radius 3 is 2.38 bits per heavy atom. The zero-order valence-electron chi connectivity index (χ0n) is 14.9. The average molecular weight is 372 g/mol. The summed E-state index contributed by atoms with van der Waals surface area (Å²) in [5.41, 5.74) is 1.76. The minimum absolute atomic E-state index is 0.117. The minimum Gasteiger partial charge on any atom is -0.379 e. The Bertz CT molecular complexity index is 743. The van der Waals surface area contributed by atoms with E-state index in [4.69, 9.17) is 4.74 Å². The van der Waals surface area contributed by atoms with Crippen molar-refractivity contribution in [3.63, 3.8) is 0 Å². The van der Waals surface area contributed by atoms with Gasteiger partial charge in [0, 0.05) is 47.1 Å². The van der Waals surface area contributed by atoms with Crippen molar-refractivity contribution >= 4 is 16.7 Å². The van der Waals surface area contributed by atoms with Crippen LogP contribution in [0, 0.1) is 0 Å². The van der Waals surface area contributed by atoms with Crippen LogP contribution in [0.5, 0.6) is 0 Å². The summed E-state index contributed by atoms with van der Waals surface area (Å²) in [4.78, 5) is 15.6. The summed E-state index contributed by atoms with van der Waals surface area (Å²) in [5.74, 6) is -0.118. The van der Waals surface area contributed by atoms with E-state index in [1.165, 1.54) is 5.56 Å². The third-order valence-electron chi connectivity index (χ3n) is 4.58. The van der Waals surface area contributed by atoms with Gasteiger partial charge in [-0.1, -0.05) is 30.3 Å². The SMILES string of the molecule is CS(=O)c1ccc(C(=O)NCC(c2ccccc2)N2CCOCC2)cc1. The predicted molar refractivity (Wildman–Crippen MR) is 103 cm³/mol. The fourth-order valence-electron chi connectivity index (χ4n) is 3.11. The lowest BCUT2D eigenvalue weighted by Crippen LogP contribution is -2.43. The second-order valence-electron chi connectivity index (χ2n) is 6.26. The third kappa shape index (κ3) is 4.78. The zero-order valence-corrected chi connectivity index (χ0v) is 15.7. The number of nitrogens with one attached hydrogen (secondary N) is 1. The predicted octanol–water partition coefficient (Wildman–Crippen LogP) is 2.23. The Kier molecular flexibility index (Phi) is 6.55. The van der Waals surface area contributed by atoms with Crippen molar-refractivity contribution < 1.29 is 13.7 Å². The largest absolute Gasteiger partial charge is 0.379 e. The van der Waals surface area contributed by atoms with Crippen molar-refractivity contribution in [1.82, 2.24) is 10.2 Å². The van der Waals surface area contributed by atoms with Gasteiger partial charge in [0.25, 0.3) is 5.91 Å². The molecule has 1 saturated heterocycles.